The topological polar surface area (TPSA) is 116 Å². The molecule has 0 aromatic heterocycles. The molecule has 2 aromatic carbocycles. The molecular formula is C23H24FN3O5. The lowest BCUT2D eigenvalue weighted by molar-refractivity contribution is -0.136. The molecule has 9 heteroatoms. The van der Waals surface area contributed by atoms with E-state index in [2.05, 4.69) is 10.6 Å². The van der Waals surface area contributed by atoms with Crippen molar-refractivity contribution in [3.8, 4) is 0 Å². The second-order valence-electron chi connectivity index (χ2n) is 7.56. The number of amides is 3. The number of aliphatic carboxylic acids is 1. The molecule has 3 amide bonds. The Bertz CT molecular complexity index is 992. The minimum absolute atomic E-state index is 0.0292. The van der Waals surface area contributed by atoms with Gasteiger partial charge in [-0.15, -0.1) is 0 Å². The molecule has 168 valence electrons. The van der Waals surface area contributed by atoms with Gasteiger partial charge in [0.05, 0.1) is 12.3 Å². The van der Waals surface area contributed by atoms with Crippen LogP contribution in [0.3, 0.4) is 0 Å². The number of rotatable bonds is 7. The van der Waals surface area contributed by atoms with Crippen molar-refractivity contribution in [2.75, 3.05) is 25.0 Å². The minimum atomic E-state index is -0.996. The first-order valence-corrected chi connectivity index (χ1v) is 10.3. The van der Waals surface area contributed by atoms with Crippen molar-refractivity contribution < 1.29 is 28.7 Å². The first-order chi connectivity index (χ1) is 15.3. The molecule has 1 aliphatic rings. The molecule has 0 unspecified atom stereocenters. The maximum Gasteiger partial charge on any atom is 0.305 e. The summed E-state index contributed by atoms with van der Waals surface area (Å²) in [6.07, 6.45) is 1.16. The molecule has 0 spiro atoms. The summed E-state index contributed by atoms with van der Waals surface area (Å²) in [7, 11) is 0. The van der Waals surface area contributed by atoms with Crippen molar-refractivity contribution >= 4 is 29.4 Å². The number of carboxylic acids is 1. The van der Waals surface area contributed by atoms with Gasteiger partial charge in [-0.2, -0.15) is 0 Å². The highest BCUT2D eigenvalue weighted by Gasteiger charge is 2.29. The third kappa shape index (κ3) is 6.13. The standard InChI is InChI=1S/C23H24FN3O5/c24-18-7-3-16(4-8-18)23(32)27-13-1-2-17(14-27)22(31)26-19-9-5-15(6-10-19)21(30)25-12-11-20(28)29/h3-10,17H,1-2,11-14H2,(H,25,30)(H,26,31)(H,28,29)/t17-/m1/s1. The van der Waals surface area contributed by atoms with E-state index in [9.17, 15) is 23.6 Å². The fraction of sp³-hybridized carbons (Fsp3) is 0.304. The largest absolute Gasteiger partial charge is 0.481 e. The van der Waals surface area contributed by atoms with Crippen LogP contribution >= 0.6 is 0 Å². The molecule has 0 bridgehead atoms. The van der Waals surface area contributed by atoms with Gasteiger partial charge in [0, 0.05) is 36.4 Å². The van der Waals surface area contributed by atoms with E-state index < -0.39 is 17.7 Å². The van der Waals surface area contributed by atoms with Crippen LogP contribution in [0.1, 0.15) is 40.0 Å². The summed E-state index contributed by atoms with van der Waals surface area (Å²) >= 11 is 0. The van der Waals surface area contributed by atoms with E-state index in [0.29, 0.717) is 36.2 Å². The highest BCUT2D eigenvalue weighted by atomic mass is 19.1. The molecule has 8 nitrogen and oxygen atoms in total. The fourth-order valence-electron chi connectivity index (χ4n) is 3.48. The Morgan fingerprint density at radius 2 is 1.66 bits per heavy atom. The summed E-state index contributed by atoms with van der Waals surface area (Å²) in [6.45, 7) is 0.833. The van der Waals surface area contributed by atoms with Gasteiger partial charge in [-0.25, -0.2) is 4.39 Å². The van der Waals surface area contributed by atoms with Crippen molar-refractivity contribution in [2.24, 2.45) is 5.92 Å². The monoisotopic (exact) mass is 441 g/mol. The van der Waals surface area contributed by atoms with Crippen LogP contribution in [-0.2, 0) is 9.59 Å². The van der Waals surface area contributed by atoms with Gasteiger partial charge < -0.3 is 20.6 Å². The summed E-state index contributed by atoms with van der Waals surface area (Å²) in [5.41, 5.74) is 1.24. The van der Waals surface area contributed by atoms with Gasteiger partial charge in [-0.3, -0.25) is 19.2 Å². The number of carbonyl (C=O) groups is 4. The SMILES string of the molecule is O=C(O)CCNC(=O)c1ccc(NC(=O)[C@@H]2CCCN(C(=O)c3ccc(F)cc3)C2)cc1. The number of hydrogen-bond donors (Lipinski definition) is 3. The number of halogens is 1. The molecule has 0 radical (unpaired) electrons. The third-order valence-corrected chi connectivity index (χ3v) is 5.21. The van der Waals surface area contributed by atoms with E-state index in [1.165, 1.54) is 36.4 Å². The average molecular weight is 441 g/mol. The lowest BCUT2D eigenvalue weighted by Gasteiger charge is -2.32. The number of carboxylic acid groups (broad SMARTS) is 1. The molecule has 1 fully saturated rings. The van der Waals surface area contributed by atoms with Crippen LogP contribution in [0.5, 0.6) is 0 Å². The Morgan fingerprint density at radius 1 is 1.00 bits per heavy atom. The number of likely N-dealkylation sites (tertiary alicyclic amines) is 1. The number of benzene rings is 2. The number of carbonyl (C=O) groups excluding carboxylic acids is 3. The van der Waals surface area contributed by atoms with Crippen molar-refractivity contribution in [3.63, 3.8) is 0 Å². The van der Waals surface area contributed by atoms with Gasteiger partial charge >= 0.3 is 5.97 Å². The Hall–Kier alpha value is -3.75. The number of nitrogens with one attached hydrogen (secondary N) is 2. The van der Waals surface area contributed by atoms with Gasteiger partial charge in [0.2, 0.25) is 5.91 Å². The van der Waals surface area contributed by atoms with Crippen LogP contribution in [0.15, 0.2) is 48.5 Å². The Labute approximate surface area is 184 Å². The molecule has 0 aliphatic carbocycles. The van der Waals surface area contributed by atoms with Crippen LogP contribution in [0.25, 0.3) is 0 Å². The first kappa shape index (κ1) is 22.9. The number of nitrogens with zero attached hydrogens (tertiary/aromatic N) is 1. The number of piperidine rings is 1. The predicted octanol–water partition coefficient (Wildman–Crippen LogP) is 2.52. The van der Waals surface area contributed by atoms with Crippen LogP contribution in [-0.4, -0.2) is 53.3 Å². The molecule has 3 rings (SSSR count). The Morgan fingerprint density at radius 3 is 2.31 bits per heavy atom. The van der Waals surface area contributed by atoms with E-state index in [0.717, 1.165) is 0 Å². The van der Waals surface area contributed by atoms with E-state index >= 15 is 0 Å². The maximum absolute atomic E-state index is 13.1. The molecule has 2 aromatic rings. The third-order valence-electron chi connectivity index (χ3n) is 5.21. The summed E-state index contributed by atoms with van der Waals surface area (Å²) < 4.78 is 13.1. The second-order valence-corrected chi connectivity index (χ2v) is 7.56. The Balaban J connectivity index is 1.54. The van der Waals surface area contributed by atoms with Crippen molar-refractivity contribution in [2.45, 2.75) is 19.3 Å². The van der Waals surface area contributed by atoms with E-state index in [1.54, 1.807) is 17.0 Å². The summed E-state index contributed by atoms with van der Waals surface area (Å²) in [5.74, 6) is -2.65. The van der Waals surface area contributed by atoms with E-state index in [1.807, 2.05) is 0 Å². The van der Waals surface area contributed by atoms with Gasteiger partial charge in [0.15, 0.2) is 0 Å². The van der Waals surface area contributed by atoms with Crippen molar-refractivity contribution in [1.82, 2.24) is 10.2 Å². The first-order valence-electron chi connectivity index (χ1n) is 10.3. The number of hydrogen-bond acceptors (Lipinski definition) is 4. The predicted molar refractivity (Wildman–Crippen MR) is 115 cm³/mol. The number of anilines is 1. The molecule has 0 saturated carbocycles. The molecule has 1 saturated heterocycles. The van der Waals surface area contributed by atoms with Crippen LogP contribution < -0.4 is 10.6 Å². The van der Waals surface area contributed by atoms with Gasteiger partial charge in [0.1, 0.15) is 5.82 Å². The average Bonchev–Trinajstić information content (AvgIpc) is 2.79. The molecule has 1 aliphatic heterocycles. The maximum atomic E-state index is 13.1. The van der Waals surface area contributed by atoms with Crippen molar-refractivity contribution in [1.29, 1.82) is 0 Å². The Kier molecular flexibility index (Phi) is 7.54. The fourth-order valence-corrected chi connectivity index (χ4v) is 3.48. The lowest BCUT2D eigenvalue weighted by atomic mass is 9.96. The van der Waals surface area contributed by atoms with Crippen LogP contribution in [0, 0.1) is 11.7 Å². The lowest BCUT2D eigenvalue weighted by Crippen LogP contribution is -2.43. The zero-order chi connectivity index (χ0) is 23.1. The summed E-state index contributed by atoms with van der Waals surface area (Å²) in [6, 6.07) is 11.6. The minimum Gasteiger partial charge on any atom is -0.481 e. The van der Waals surface area contributed by atoms with E-state index in [-0.39, 0.29) is 37.2 Å². The normalized spacial score (nSPS) is 15.7. The molecular weight excluding hydrogens is 417 g/mol. The molecule has 1 heterocycles. The zero-order valence-corrected chi connectivity index (χ0v) is 17.3. The van der Waals surface area contributed by atoms with E-state index in [4.69, 9.17) is 5.11 Å². The van der Waals surface area contributed by atoms with Crippen molar-refractivity contribution in [3.05, 3.63) is 65.5 Å². The highest BCUT2D eigenvalue weighted by Crippen LogP contribution is 2.21. The second kappa shape index (κ2) is 10.5. The molecule has 1 atom stereocenters. The van der Waals surface area contributed by atoms with Gasteiger partial charge in [0.25, 0.3) is 11.8 Å². The zero-order valence-electron chi connectivity index (χ0n) is 17.3. The summed E-state index contributed by atoms with van der Waals surface area (Å²) in [5, 5.41) is 13.9. The van der Waals surface area contributed by atoms with Crippen LogP contribution in [0.4, 0.5) is 10.1 Å². The van der Waals surface area contributed by atoms with Crippen LogP contribution in [0.2, 0.25) is 0 Å². The van der Waals surface area contributed by atoms with Gasteiger partial charge in [-0.05, 0) is 61.4 Å². The highest BCUT2D eigenvalue weighted by molar-refractivity contribution is 5.97. The molecule has 3 N–H and O–H groups in total. The van der Waals surface area contributed by atoms with Gasteiger partial charge in [-0.1, -0.05) is 0 Å². The quantitative estimate of drug-likeness (QED) is 0.611. The smallest absolute Gasteiger partial charge is 0.305 e. The molecule has 32 heavy (non-hydrogen) atoms. The summed E-state index contributed by atoms with van der Waals surface area (Å²) in [4.78, 5) is 49.5.